The van der Waals surface area contributed by atoms with Gasteiger partial charge in [0, 0.05) is 18.9 Å². The van der Waals surface area contributed by atoms with Gasteiger partial charge in [-0.25, -0.2) is 9.59 Å². The number of allylic oxidation sites excluding steroid dienone is 1. The van der Waals surface area contributed by atoms with E-state index in [2.05, 4.69) is 23.8 Å². The van der Waals surface area contributed by atoms with Crippen molar-refractivity contribution in [1.82, 2.24) is 15.5 Å². The highest BCUT2D eigenvalue weighted by atomic mass is 16.6. The average molecular weight is 508 g/mol. The Balaban J connectivity index is 2.17. The Bertz CT molecular complexity index is 853. The molecule has 3 amide bonds. The summed E-state index contributed by atoms with van der Waals surface area (Å²) in [7, 11) is 1.24. The molecule has 1 aliphatic carbocycles. The van der Waals surface area contributed by atoms with Crippen LogP contribution in [-0.2, 0) is 23.9 Å². The molecule has 1 heterocycles. The van der Waals surface area contributed by atoms with Gasteiger partial charge in [-0.1, -0.05) is 25.0 Å². The third-order valence-corrected chi connectivity index (χ3v) is 6.45. The molecule has 0 bridgehead atoms. The molecule has 1 saturated carbocycles. The number of hydrogen-bond donors (Lipinski definition) is 3. The Morgan fingerprint density at radius 1 is 1.19 bits per heavy atom. The molecule has 2 aliphatic rings. The first-order valence-corrected chi connectivity index (χ1v) is 12.5. The van der Waals surface area contributed by atoms with Crippen LogP contribution < -0.4 is 10.6 Å². The van der Waals surface area contributed by atoms with Gasteiger partial charge in [0.2, 0.25) is 11.8 Å². The maximum Gasteiger partial charge on any atom is 0.408 e. The number of unbranched alkanes of at least 4 members (excludes halogenated alkanes) is 3. The standard InChI is InChI=1S/C26H41N3O7/c1-7-9-10-11-12-13-19(27-24(34)36-25(3,4)5)22(32)29-16-18(30)14-20(29)21(31)28-26(23(33)35-6)15-17(26)8-2/h7-8,17-20,30H,1-2,9-16H2,3-6H3,(H,27,34)(H,28,31)/t17?,18-,19+,20+,26-/m1/s1. The van der Waals surface area contributed by atoms with E-state index in [4.69, 9.17) is 9.47 Å². The predicted molar refractivity (Wildman–Crippen MR) is 134 cm³/mol. The topological polar surface area (TPSA) is 134 Å². The number of nitrogens with one attached hydrogen (secondary N) is 2. The highest BCUT2D eigenvalue weighted by molar-refractivity contribution is 5.96. The molecule has 1 unspecified atom stereocenters. The lowest BCUT2D eigenvalue weighted by molar-refractivity contribution is -0.148. The number of methoxy groups -OCH3 is 1. The zero-order valence-corrected chi connectivity index (χ0v) is 21.9. The molecule has 36 heavy (non-hydrogen) atoms. The van der Waals surface area contributed by atoms with Crippen molar-refractivity contribution < 1.29 is 33.8 Å². The zero-order chi connectivity index (χ0) is 27.1. The third kappa shape index (κ3) is 7.56. The second kappa shape index (κ2) is 12.4. The van der Waals surface area contributed by atoms with Gasteiger partial charge in [-0.2, -0.15) is 0 Å². The summed E-state index contributed by atoms with van der Waals surface area (Å²) in [4.78, 5) is 52.9. The van der Waals surface area contributed by atoms with E-state index in [1.165, 1.54) is 12.0 Å². The monoisotopic (exact) mass is 507 g/mol. The van der Waals surface area contributed by atoms with Gasteiger partial charge in [0.05, 0.1) is 13.2 Å². The van der Waals surface area contributed by atoms with Crippen LogP contribution in [0.1, 0.15) is 65.7 Å². The molecule has 3 N–H and O–H groups in total. The Hall–Kier alpha value is -2.88. The Morgan fingerprint density at radius 2 is 1.89 bits per heavy atom. The SMILES string of the molecule is C=CCCCCC[C@H](NC(=O)OC(C)(C)C)C(=O)N1C[C@H](O)C[C@H]1C(=O)N[C@]1(C(=O)OC)CC1C=C. The molecule has 10 heteroatoms. The van der Waals surface area contributed by atoms with Crippen molar-refractivity contribution in [3.63, 3.8) is 0 Å². The quantitative estimate of drug-likeness (QED) is 0.209. The average Bonchev–Trinajstić information content (AvgIpc) is 3.37. The van der Waals surface area contributed by atoms with E-state index in [0.717, 1.165) is 19.3 Å². The molecular formula is C26H41N3O7. The van der Waals surface area contributed by atoms with Crippen LogP contribution in [0.25, 0.3) is 0 Å². The molecule has 0 aromatic carbocycles. The summed E-state index contributed by atoms with van der Waals surface area (Å²) in [5.41, 5.74) is -1.96. The lowest BCUT2D eigenvalue weighted by Crippen LogP contribution is -2.56. The minimum Gasteiger partial charge on any atom is -0.467 e. The molecule has 202 valence electrons. The third-order valence-electron chi connectivity index (χ3n) is 6.45. The summed E-state index contributed by atoms with van der Waals surface area (Å²) in [6.45, 7) is 12.5. The van der Waals surface area contributed by atoms with Crippen molar-refractivity contribution in [3.05, 3.63) is 25.3 Å². The first-order valence-electron chi connectivity index (χ1n) is 12.5. The lowest BCUT2D eigenvalue weighted by atomic mass is 10.0. The maximum atomic E-state index is 13.6. The van der Waals surface area contributed by atoms with Crippen molar-refractivity contribution in [1.29, 1.82) is 0 Å². The first-order chi connectivity index (χ1) is 16.9. The van der Waals surface area contributed by atoms with Crippen molar-refractivity contribution in [3.8, 4) is 0 Å². The minimum atomic E-state index is -1.21. The zero-order valence-electron chi connectivity index (χ0n) is 21.9. The lowest BCUT2D eigenvalue weighted by Gasteiger charge is -2.30. The van der Waals surface area contributed by atoms with Gasteiger partial charge in [-0.3, -0.25) is 9.59 Å². The van der Waals surface area contributed by atoms with E-state index in [-0.39, 0.29) is 18.9 Å². The number of amides is 3. The summed E-state index contributed by atoms with van der Waals surface area (Å²) in [5, 5.41) is 15.7. The molecule has 1 saturated heterocycles. The van der Waals surface area contributed by atoms with Crippen molar-refractivity contribution in [2.75, 3.05) is 13.7 Å². The van der Waals surface area contributed by atoms with Crippen LogP contribution in [0, 0.1) is 5.92 Å². The van der Waals surface area contributed by atoms with Crippen LogP contribution in [0.2, 0.25) is 0 Å². The smallest absolute Gasteiger partial charge is 0.408 e. The number of carbonyl (C=O) groups is 4. The van der Waals surface area contributed by atoms with Gasteiger partial charge >= 0.3 is 12.1 Å². The van der Waals surface area contributed by atoms with E-state index < -0.39 is 53.2 Å². The number of β-amino-alcohol motifs (C(OH)–C–C–N with tert-alkyl or cyclic N) is 1. The van der Waals surface area contributed by atoms with Crippen molar-refractivity contribution in [2.24, 2.45) is 5.92 Å². The molecule has 2 rings (SSSR count). The largest absolute Gasteiger partial charge is 0.467 e. The van der Waals surface area contributed by atoms with Crippen LogP contribution in [0.4, 0.5) is 4.79 Å². The Morgan fingerprint density at radius 3 is 2.44 bits per heavy atom. The highest BCUT2D eigenvalue weighted by Gasteiger charge is 2.61. The summed E-state index contributed by atoms with van der Waals surface area (Å²) in [6.07, 6.45) is 5.75. The number of esters is 1. The molecule has 1 aliphatic heterocycles. The van der Waals surface area contributed by atoms with Crippen LogP contribution in [-0.4, -0.2) is 76.9 Å². The van der Waals surface area contributed by atoms with Crippen LogP contribution in [0.15, 0.2) is 25.3 Å². The van der Waals surface area contributed by atoms with Gasteiger partial charge in [-0.15, -0.1) is 13.2 Å². The number of aliphatic hydroxyl groups excluding tert-OH is 1. The fraction of sp³-hybridized carbons (Fsp3) is 0.692. The number of likely N-dealkylation sites (tertiary alicyclic amines) is 1. The summed E-state index contributed by atoms with van der Waals surface area (Å²) >= 11 is 0. The number of nitrogens with zero attached hydrogens (tertiary/aromatic N) is 1. The van der Waals surface area contributed by atoms with Gasteiger partial charge in [0.15, 0.2) is 0 Å². The number of rotatable bonds is 12. The second-order valence-electron chi connectivity index (χ2n) is 10.5. The summed E-state index contributed by atoms with van der Waals surface area (Å²) in [5.74, 6) is -1.90. The predicted octanol–water partition coefficient (Wildman–Crippen LogP) is 2.21. The van der Waals surface area contributed by atoms with E-state index in [0.29, 0.717) is 19.3 Å². The molecule has 5 atom stereocenters. The molecule has 2 fully saturated rings. The fourth-order valence-corrected chi connectivity index (χ4v) is 4.51. The molecule has 0 aromatic rings. The van der Waals surface area contributed by atoms with E-state index in [9.17, 15) is 24.3 Å². The van der Waals surface area contributed by atoms with Gasteiger partial charge < -0.3 is 30.1 Å². The first kappa shape index (κ1) is 29.4. The Kier molecular flexibility index (Phi) is 10.1. The van der Waals surface area contributed by atoms with Gasteiger partial charge in [-0.05, 0) is 46.5 Å². The highest BCUT2D eigenvalue weighted by Crippen LogP contribution is 2.45. The number of carbonyl (C=O) groups excluding carboxylic acids is 4. The van der Waals surface area contributed by atoms with Gasteiger partial charge in [0.25, 0.3) is 0 Å². The number of hydrogen-bond acceptors (Lipinski definition) is 7. The maximum absolute atomic E-state index is 13.6. The van der Waals surface area contributed by atoms with Gasteiger partial charge in [0.1, 0.15) is 23.2 Å². The second-order valence-corrected chi connectivity index (χ2v) is 10.5. The molecular weight excluding hydrogens is 466 g/mol. The molecule has 0 aromatic heterocycles. The van der Waals surface area contributed by atoms with Crippen LogP contribution in [0.3, 0.4) is 0 Å². The summed E-state index contributed by atoms with van der Waals surface area (Å²) in [6, 6.07) is -1.93. The fourth-order valence-electron chi connectivity index (χ4n) is 4.51. The van der Waals surface area contributed by atoms with E-state index in [1.54, 1.807) is 26.8 Å². The van der Waals surface area contributed by atoms with Crippen molar-refractivity contribution in [2.45, 2.75) is 95.0 Å². The van der Waals surface area contributed by atoms with Crippen molar-refractivity contribution >= 4 is 23.9 Å². The minimum absolute atomic E-state index is 0.0199. The molecule has 0 spiro atoms. The normalized spacial score (nSPS) is 25.9. The van der Waals surface area contributed by atoms with Crippen LogP contribution in [0.5, 0.6) is 0 Å². The number of alkyl carbamates (subject to hydrolysis) is 1. The van der Waals surface area contributed by atoms with E-state index in [1.807, 2.05) is 6.08 Å². The number of aliphatic hydroxyl groups is 1. The van der Waals surface area contributed by atoms with E-state index >= 15 is 0 Å². The molecule has 10 nitrogen and oxygen atoms in total. The van der Waals surface area contributed by atoms with Crippen LogP contribution >= 0.6 is 0 Å². The summed E-state index contributed by atoms with van der Waals surface area (Å²) < 4.78 is 10.2. The molecule has 0 radical (unpaired) electrons. The number of ether oxygens (including phenoxy) is 2. The Labute approximate surface area is 213 Å².